The van der Waals surface area contributed by atoms with E-state index in [2.05, 4.69) is 15.3 Å². The largest absolute Gasteiger partial charge is 0.434 e. The van der Waals surface area contributed by atoms with E-state index in [-0.39, 0.29) is 19.0 Å². The van der Waals surface area contributed by atoms with E-state index in [1.807, 2.05) is 0 Å². The van der Waals surface area contributed by atoms with Gasteiger partial charge < -0.3 is 34.8 Å². The third-order valence-electron chi connectivity index (χ3n) is 3.69. The molecule has 9 nitrogen and oxygen atoms in total. The van der Waals surface area contributed by atoms with Crippen LogP contribution in [-0.4, -0.2) is 82.9 Å². The molecule has 1 aliphatic rings. The molecule has 0 saturated carbocycles. The lowest BCUT2D eigenvalue weighted by molar-refractivity contribution is -0.263. The zero-order chi connectivity index (χ0) is 19.3. The Kier molecular flexibility index (Phi) is 7.08. The summed E-state index contributed by atoms with van der Waals surface area (Å²) in [5, 5.41) is 32.0. The molecule has 26 heavy (non-hydrogen) atoms. The molecule has 2 heterocycles. The van der Waals surface area contributed by atoms with E-state index >= 15 is 0 Å². The number of ether oxygens (including phenoxy) is 3. The summed E-state index contributed by atoms with van der Waals surface area (Å²) in [6, 6.07) is -1.16. The van der Waals surface area contributed by atoms with Crippen molar-refractivity contribution >= 4 is 5.82 Å². The number of aliphatic hydroxyl groups excluding tert-OH is 3. The Morgan fingerprint density at radius 3 is 2.58 bits per heavy atom. The molecule has 1 aliphatic heterocycles. The maximum Gasteiger partial charge on any atom is 0.434 e. The van der Waals surface area contributed by atoms with Crippen molar-refractivity contribution in [3.05, 3.63) is 18.1 Å². The predicted molar refractivity (Wildman–Crippen MR) is 80.0 cm³/mol. The van der Waals surface area contributed by atoms with Crippen LogP contribution < -0.4 is 5.32 Å². The van der Waals surface area contributed by atoms with Gasteiger partial charge in [0.25, 0.3) is 0 Å². The van der Waals surface area contributed by atoms with Gasteiger partial charge in [-0.05, 0) is 0 Å². The Labute approximate surface area is 146 Å². The van der Waals surface area contributed by atoms with Crippen LogP contribution >= 0.6 is 0 Å². The summed E-state index contributed by atoms with van der Waals surface area (Å²) in [5.41, 5.74) is -1.22. The number of hydrogen-bond donors (Lipinski definition) is 4. The first-order chi connectivity index (χ1) is 12.3. The fourth-order valence-corrected chi connectivity index (χ4v) is 2.37. The number of anilines is 1. The van der Waals surface area contributed by atoms with Crippen molar-refractivity contribution in [2.75, 3.05) is 32.2 Å². The molecular weight excluding hydrogens is 363 g/mol. The van der Waals surface area contributed by atoms with E-state index in [1.54, 1.807) is 0 Å². The molecule has 5 unspecified atom stereocenters. The van der Waals surface area contributed by atoms with Gasteiger partial charge in [0.1, 0.15) is 30.2 Å². The number of alkyl halides is 3. The maximum absolute atomic E-state index is 12.8. The van der Waals surface area contributed by atoms with Gasteiger partial charge in [-0.15, -0.1) is 0 Å². The zero-order valence-electron chi connectivity index (χ0n) is 13.8. The van der Waals surface area contributed by atoms with E-state index in [1.165, 1.54) is 7.11 Å². The third kappa shape index (κ3) is 4.99. The second kappa shape index (κ2) is 8.88. The molecule has 0 radical (unpaired) electrons. The molecule has 5 atom stereocenters. The second-order valence-electron chi connectivity index (χ2n) is 5.53. The van der Waals surface area contributed by atoms with Gasteiger partial charge in [-0.3, -0.25) is 4.98 Å². The number of halogens is 3. The molecule has 0 spiro atoms. The van der Waals surface area contributed by atoms with Crippen LogP contribution in [0.25, 0.3) is 0 Å². The summed E-state index contributed by atoms with van der Waals surface area (Å²) in [6.07, 6.45) is -8.41. The molecule has 148 valence electrons. The van der Waals surface area contributed by atoms with Crippen LogP contribution in [-0.2, 0) is 20.4 Å². The molecule has 0 amide bonds. The highest BCUT2D eigenvalue weighted by Gasteiger charge is 2.45. The van der Waals surface area contributed by atoms with E-state index in [9.17, 15) is 28.5 Å². The van der Waals surface area contributed by atoms with E-state index in [0.717, 1.165) is 6.20 Å². The van der Waals surface area contributed by atoms with Crippen molar-refractivity contribution in [2.24, 2.45) is 0 Å². The molecule has 0 aliphatic carbocycles. The topological polar surface area (TPSA) is 126 Å². The van der Waals surface area contributed by atoms with Crippen molar-refractivity contribution < 1.29 is 42.7 Å². The van der Waals surface area contributed by atoms with Crippen molar-refractivity contribution in [3.8, 4) is 0 Å². The van der Waals surface area contributed by atoms with Gasteiger partial charge in [0, 0.05) is 7.11 Å². The zero-order valence-corrected chi connectivity index (χ0v) is 13.8. The van der Waals surface area contributed by atoms with Gasteiger partial charge in [0.15, 0.2) is 12.0 Å². The normalized spacial score (nSPS) is 29.6. The van der Waals surface area contributed by atoms with Gasteiger partial charge in [0.05, 0.1) is 32.2 Å². The van der Waals surface area contributed by atoms with Gasteiger partial charge in [0.2, 0.25) is 0 Å². The smallest absolute Gasteiger partial charge is 0.394 e. The maximum atomic E-state index is 12.8. The summed E-state index contributed by atoms with van der Waals surface area (Å²) < 4.78 is 53.9. The predicted octanol–water partition coefficient (Wildman–Crippen LogP) is -0.622. The van der Waals surface area contributed by atoms with E-state index in [0.29, 0.717) is 6.20 Å². The lowest BCUT2D eigenvalue weighted by Gasteiger charge is -2.42. The molecule has 12 heteroatoms. The molecular formula is C14H20F3N3O6. The highest BCUT2D eigenvalue weighted by Crippen LogP contribution is 2.29. The first-order valence-electron chi connectivity index (χ1n) is 7.66. The van der Waals surface area contributed by atoms with Crippen molar-refractivity contribution in [1.29, 1.82) is 0 Å². The highest BCUT2D eigenvalue weighted by molar-refractivity contribution is 5.35. The Hall–Kier alpha value is -1.57. The molecule has 1 fully saturated rings. The highest BCUT2D eigenvalue weighted by atomic mass is 19.4. The number of nitrogens with zero attached hydrogens (tertiary/aromatic N) is 2. The number of methoxy groups -OCH3 is 1. The Bertz CT molecular complexity index is 579. The fourth-order valence-electron chi connectivity index (χ4n) is 2.37. The Morgan fingerprint density at radius 2 is 1.96 bits per heavy atom. The molecule has 1 saturated heterocycles. The number of rotatable bonds is 7. The standard InChI is InChI=1S/C14H20F3N3O6/c1-24-2-3-25-13-10(12(23)11(22)7(6-21)26-13)20-9-5-18-4-8(19-9)14(15,16)17/h4-5,7,10-13,21-23H,2-3,6H2,1H3,(H,19,20). The van der Waals surface area contributed by atoms with Crippen LogP contribution in [0.2, 0.25) is 0 Å². The van der Waals surface area contributed by atoms with E-state index in [4.69, 9.17) is 14.2 Å². The SMILES string of the molecule is COCCOC1OC(CO)C(O)C(O)C1Nc1cncc(C(F)(F)F)n1. The van der Waals surface area contributed by atoms with Gasteiger partial charge in [-0.2, -0.15) is 13.2 Å². The number of hydrogen-bond acceptors (Lipinski definition) is 9. The number of nitrogens with one attached hydrogen (secondary N) is 1. The van der Waals surface area contributed by atoms with Gasteiger partial charge >= 0.3 is 6.18 Å². The first kappa shape index (κ1) is 20.7. The second-order valence-corrected chi connectivity index (χ2v) is 5.53. The minimum absolute atomic E-state index is 0.0502. The Balaban J connectivity index is 2.19. The van der Waals surface area contributed by atoms with Crippen molar-refractivity contribution in [3.63, 3.8) is 0 Å². The minimum Gasteiger partial charge on any atom is -0.394 e. The summed E-state index contributed by atoms with van der Waals surface area (Å²) in [7, 11) is 1.44. The van der Waals surface area contributed by atoms with Crippen LogP contribution in [0.1, 0.15) is 5.69 Å². The van der Waals surface area contributed by atoms with Crippen LogP contribution in [0.4, 0.5) is 19.0 Å². The summed E-state index contributed by atoms with van der Waals surface area (Å²) in [6.45, 7) is -0.342. The van der Waals surface area contributed by atoms with Gasteiger partial charge in [-0.1, -0.05) is 0 Å². The lowest BCUT2D eigenvalue weighted by Crippen LogP contribution is -2.62. The molecule has 4 N–H and O–H groups in total. The average molecular weight is 383 g/mol. The number of aliphatic hydroxyl groups is 3. The summed E-state index contributed by atoms with van der Waals surface area (Å²) in [5.74, 6) is -0.289. The van der Waals surface area contributed by atoms with Crippen LogP contribution in [0, 0.1) is 0 Å². The van der Waals surface area contributed by atoms with Gasteiger partial charge in [-0.25, -0.2) is 4.98 Å². The number of aromatic nitrogens is 2. The fraction of sp³-hybridized carbons (Fsp3) is 0.714. The van der Waals surface area contributed by atoms with E-state index < -0.39 is 49.1 Å². The molecule has 1 aromatic rings. The van der Waals surface area contributed by atoms with Crippen molar-refractivity contribution in [2.45, 2.75) is 36.8 Å². The van der Waals surface area contributed by atoms with Crippen LogP contribution in [0.3, 0.4) is 0 Å². The monoisotopic (exact) mass is 383 g/mol. The third-order valence-corrected chi connectivity index (χ3v) is 3.69. The van der Waals surface area contributed by atoms with Crippen molar-refractivity contribution in [1.82, 2.24) is 9.97 Å². The average Bonchev–Trinajstić information content (AvgIpc) is 2.60. The van der Waals surface area contributed by atoms with Crippen LogP contribution in [0.5, 0.6) is 0 Å². The first-order valence-corrected chi connectivity index (χ1v) is 7.66. The molecule has 1 aromatic heterocycles. The lowest BCUT2D eigenvalue weighted by atomic mass is 9.97. The summed E-state index contributed by atoms with van der Waals surface area (Å²) in [4.78, 5) is 6.85. The summed E-state index contributed by atoms with van der Waals surface area (Å²) >= 11 is 0. The van der Waals surface area contributed by atoms with Crippen LogP contribution in [0.15, 0.2) is 12.4 Å². The minimum atomic E-state index is -4.69. The molecule has 0 bridgehead atoms. The Morgan fingerprint density at radius 1 is 1.23 bits per heavy atom. The molecule has 0 aromatic carbocycles. The quantitative estimate of drug-likeness (QED) is 0.456. The molecule has 2 rings (SSSR count).